The fraction of sp³-hybridized carbons (Fsp3) is 0.250. The molecule has 0 amide bonds. The Morgan fingerprint density at radius 2 is 1.89 bits per heavy atom. The van der Waals surface area contributed by atoms with E-state index in [1.807, 2.05) is 43.3 Å². The maximum absolute atomic E-state index is 6.20. The van der Waals surface area contributed by atoms with Crippen LogP contribution >= 0.6 is 11.6 Å². The van der Waals surface area contributed by atoms with Crippen LogP contribution in [0.2, 0.25) is 5.02 Å². The molecule has 100 valence electrons. The molecule has 0 heterocycles. The molecule has 0 aliphatic rings. The Labute approximate surface area is 119 Å². The van der Waals surface area contributed by atoms with Crippen LogP contribution in [0, 0.1) is 0 Å². The molecule has 2 rings (SSSR count). The highest BCUT2D eigenvalue weighted by Gasteiger charge is 2.07. The molecule has 0 fully saturated rings. The van der Waals surface area contributed by atoms with Crippen molar-refractivity contribution < 1.29 is 4.74 Å². The monoisotopic (exact) mass is 275 g/mol. The number of rotatable bonds is 5. The van der Waals surface area contributed by atoms with Crippen molar-refractivity contribution >= 4 is 11.6 Å². The van der Waals surface area contributed by atoms with Gasteiger partial charge in [0.1, 0.15) is 5.75 Å². The molecular weight excluding hydrogens is 258 g/mol. The highest BCUT2D eigenvalue weighted by Crippen LogP contribution is 2.21. The molecule has 3 heteroatoms. The topological polar surface area (TPSA) is 35.2 Å². The van der Waals surface area contributed by atoms with Crippen molar-refractivity contribution in [3.63, 3.8) is 0 Å². The van der Waals surface area contributed by atoms with Crippen LogP contribution < -0.4 is 10.5 Å². The SMILES string of the molecule is CCOc1ccc(CC(N)c2cccc(Cl)c2)cc1. The first-order valence-corrected chi connectivity index (χ1v) is 6.79. The molecule has 2 nitrogen and oxygen atoms in total. The molecule has 0 radical (unpaired) electrons. The van der Waals surface area contributed by atoms with E-state index >= 15 is 0 Å². The lowest BCUT2D eigenvalue weighted by Gasteiger charge is -2.13. The third-order valence-corrected chi connectivity index (χ3v) is 3.20. The summed E-state index contributed by atoms with van der Waals surface area (Å²) in [6, 6.07) is 15.7. The van der Waals surface area contributed by atoms with E-state index in [0.29, 0.717) is 6.61 Å². The van der Waals surface area contributed by atoms with Crippen molar-refractivity contribution in [1.29, 1.82) is 0 Å². The molecule has 2 N–H and O–H groups in total. The number of hydrogen-bond acceptors (Lipinski definition) is 2. The Kier molecular flexibility index (Phi) is 4.83. The lowest BCUT2D eigenvalue weighted by Crippen LogP contribution is -2.13. The van der Waals surface area contributed by atoms with Gasteiger partial charge in [-0.25, -0.2) is 0 Å². The quantitative estimate of drug-likeness (QED) is 0.896. The van der Waals surface area contributed by atoms with E-state index in [1.165, 1.54) is 5.56 Å². The third kappa shape index (κ3) is 3.98. The van der Waals surface area contributed by atoms with Gasteiger partial charge in [0.05, 0.1) is 6.61 Å². The number of benzene rings is 2. The Morgan fingerprint density at radius 3 is 2.53 bits per heavy atom. The van der Waals surface area contributed by atoms with Gasteiger partial charge in [0.15, 0.2) is 0 Å². The van der Waals surface area contributed by atoms with Gasteiger partial charge in [-0.05, 0) is 48.7 Å². The lowest BCUT2D eigenvalue weighted by atomic mass is 10.00. The summed E-state index contributed by atoms with van der Waals surface area (Å²) >= 11 is 5.98. The predicted molar refractivity (Wildman–Crippen MR) is 79.7 cm³/mol. The van der Waals surface area contributed by atoms with E-state index in [9.17, 15) is 0 Å². The van der Waals surface area contributed by atoms with Gasteiger partial charge in [0.2, 0.25) is 0 Å². The minimum absolute atomic E-state index is 0.0448. The summed E-state index contributed by atoms with van der Waals surface area (Å²) in [5.41, 5.74) is 8.45. The van der Waals surface area contributed by atoms with E-state index in [0.717, 1.165) is 22.8 Å². The second kappa shape index (κ2) is 6.60. The van der Waals surface area contributed by atoms with Crippen LogP contribution in [0.25, 0.3) is 0 Å². The number of ether oxygens (including phenoxy) is 1. The molecule has 0 aliphatic carbocycles. The molecule has 19 heavy (non-hydrogen) atoms. The van der Waals surface area contributed by atoms with Gasteiger partial charge in [-0.3, -0.25) is 0 Å². The molecule has 0 saturated heterocycles. The summed E-state index contributed by atoms with van der Waals surface area (Å²) in [5.74, 6) is 0.891. The van der Waals surface area contributed by atoms with Crippen LogP contribution in [0.5, 0.6) is 5.75 Å². The average molecular weight is 276 g/mol. The maximum atomic E-state index is 6.20. The van der Waals surface area contributed by atoms with Crippen molar-refractivity contribution in [2.75, 3.05) is 6.61 Å². The summed E-state index contributed by atoms with van der Waals surface area (Å²) < 4.78 is 5.42. The average Bonchev–Trinajstić information content (AvgIpc) is 2.41. The molecule has 0 spiro atoms. The number of hydrogen-bond donors (Lipinski definition) is 1. The highest BCUT2D eigenvalue weighted by molar-refractivity contribution is 6.30. The predicted octanol–water partition coefficient (Wildman–Crippen LogP) is 3.98. The Bertz CT molecular complexity index is 525. The van der Waals surface area contributed by atoms with E-state index < -0.39 is 0 Å². The van der Waals surface area contributed by atoms with E-state index in [4.69, 9.17) is 22.1 Å². The molecule has 0 aliphatic heterocycles. The standard InChI is InChI=1S/C16H18ClNO/c1-2-19-15-8-6-12(7-9-15)10-16(18)13-4-3-5-14(17)11-13/h3-9,11,16H,2,10,18H2,1H3. The molecule has 0 bridgehead atoms. The summed E-state index contributed by atoms with van der Waals surface area (Å²) in [5, 5.41) is 0.722. The first-order chi connectivity index (χ1) is 9.19. The Hall–Kier alpha value is -1.51. The first kappa shape index (κ1) is 13.9. The van der Waals surface area contributed by atoms with Crippen molar-refractivity contribution in [2.24, 2.45) is 5.73 Å². The molecule has 2 aromatic rings. The molecule has 1 atom stereocenters. The molecule has 1 unspecified atom stereocenters. The fourth-order valence-corrected chi connectivity index (χ4v) is 2.20. The Balaban J connectivity index is 2.04. The van der Waals surface area contributed by atoms with Crippen molar-refractivity contribution in [1.82, 2.24) is 0 Å². The van der Waals surface area contributed by atoms with Crippen LogP contribution in [0.4, 0.5) is 0 Å². The molecular formula is C16H18ClNO. The summed E-state index contributed by atoms with van der Waals surface area (Å²) in [4.78, 5) is 0. The normalized spacial score (nSPS) is 12.2. The third-order valence-electron chi connectivity index (χ3n) is 2.97. The maximum Gasteiger partial charge on any atom is 0.119 e. The lowest BCUT2D eigenvalue weighted by molar-refractivity contribution is 0.340. The minimum atomic E-state index is -0.0448. The van der Waals surface area contributed by atoms with E-state index in [-0.39, 0.29) is 6.04 Å². The van der Waals surface area contributed by atoms with Crippen molar-refractivity contribution in [3.8, 4) is 5.75 Å². The van der Waals surface area contributed by atoms with Crippen molar-refractivity contribution in [3.05, 3.63) is 64.7 Å². The van der Waals surface area contributed by atoms with Crippen LogP contribution in [0.15, 0.2) is 48.5 Å². The van der Waals surface area contributed by atoms with Gasteiger partial charge >= 0.3 is 0 Å². The zero-order valence-corrected chi connectivity index (χ0v) is 11.7. The Morgan fingerprint density at radius 1 is 1.16 bits per heavy atom. The van der Waals surface area contributed by atoms with Gasteiger partial charge in [0, 0.05) is 11.1 Å². The van der Waals surface area contributed by atoms with Gasteiger partial charge in [-0.15, -0.1) is 0 Å². The van der Waals surface area contributed by atoms with Crippen molar-refractivity contribution in [2.45, 2.75) is 19.4 Å². The smallest absolute Gasteiger partial charge is 0.119 e. The number of halogens is 1. The molecule has 0 saturated carbocycles. The summed E-state index contributed by atoms with van der Waals surface area (Å²) in [6.07, 6.45) is 0.784. The largest absolute Gasteiger partial charge is 0.494 e. The summed E-state index contributed by atoms with van der Waals surface area (Å²) in [6.45, 7) is 2.66. The second-order valence-electron chi connectivity index (χ2n) is 4.44. The van der Waals surface area contributed by atoms with Gasteiger partial charge < -0.3 is 10.5 Å². The van der Waals surface area contributed by atoms with Crippen LogP contribution in [-0.2, 0) is 6.42 Å². The summed E-state index contributed by atoms with van der Waals surface area (Å²) in [7, 11) is 0. The zero-order chi connectivity index (χ0) is 13.7. The van der Waals surface area contributed by atoms with Gasteiger partial charge in [-0.1, -0.05) is 35.9 Å². The fourth-order valence-electron chi connectivity index (χ4n) is 2.00. The van der Waals surface area contributed by atoms with Gasteiger partial charge in [0.25, 0.3) is 0 Å². The van der Waals surface area contributed by atoms with Crippen LogP contribution in [0.1, 0.15) is 24.1 Å². The molecule has 0 aromatic heterocycles. The van der Waals surface area contributed by atoms with Gasteiger partial charge in [-0.2, -0.15) is 0 Å². The second-order valence-corrected chi connectivity index (χ2v) is 4.88. The van der Waals surface area contributed by atoms with E-state index in [1.54, 1.807) is 0 Å². The molecule has 2 aromatic carbocycles. The highest BCUT2D eigenvalue weighted by atomic mass is 35.5. The van der Waals surface area contributed by atoms with Crippen LogP contribution in [0.3, 0.4) is 0 Å². The van der Waals surface area contributed by atoms with E-state index in [2.05, 4.69) is 12.1 Å². The first-order valence-electron chi connectivity index (χ1n) is 6.42. The van der Waals surface area contributed by atoms with Crippen LogP contribution in [-0.4, -0.2) is 6.61 Å². The zero-order valence-electron chi connectivity index (χ0n) is 11.0. The minimum Gasteiger partial charge on any atom is -0.494 e. The number of nitrogens with two attached hydrogens (primary N) is 1.